The molecule has 184 valence electrons. The lowest BCUT2D eigenvalue weighted by atomic mass is 9.90. The molecule has 0 aromatic heterocycles. The molecule has 4 rings (SSSR count). The largest absolute Gasteiger partial charge is 0.424 e. The van der Waals surface area contributed by atoms with Crippen LogP contribution in [0.25, 0.3) is 0 Å². The Bertz CT molecular complexity index is 922. The van der Waals surface area contributed by atoms with E-state index in [1.54, 1.807) is 0 Å². The number of hydroxylamine groups is 2. The van der Waals surface area contributed by atoms with Crippen molar-refractivity contribution in [3.63, 3.8) is 0 Å². The van der Waals surface area contributed by atoms with E-state index in [1.165, 1.54) is 11.1 Å². The Balaban J connectivity index is 1.60. The van der Waals surface area contributed by atoms with Crippen molar-refractivity contribution < 1.29 is 28.9 Å². The van der Waals surface area contributed by atoms with Crippen LogP contribution in [0.2, 0.25) is 0 Å². The average molecular weight is 472 g/mol. The fraction of sp³-hybridized carbons (Fsp3) is 0.600. The van der Waals surface area contributed by atoms with Crippen molar-refractivity contribution in [1.82, 2.24) is 10.4 Å². The van der Waals surface area contributed by atoms with Crippen LogP contribution in [0.4, 0.5) is 4.79 Å². The average Bonchev–Trinajstić information content (AvgIpc) is 3.57. The summed E-state index contributed by atoms with van der Waals surface area (Å²) in [5, 5.41) is 13.5. The summed E-state index contributed by atoms with van der Waals surface area (Å²) in [5.41, 5.74) is 8.05. The van der Waals surface area contributed by atoms with Gasteiger partial charge in [-0.1, -0.05) is 49.9 Å². The van der Waals surface area contributed by atoms with Crippen LogP contribution in [0.1, 0.15) is 56.1 Å². The minimum absolute atomic E-state index is 0.167. The number of nitrogens with zero attached hydrogens (tertiary/aromatic N) is 2. The van der Waals surface area contributed by atoms with Crippen LogP contribution in [0.15, 0.2) is 24.3 Å². The molecule has 0 spiro atoms. The predicted molar refractivity (Wildman–Crippen MR) is 123 cm³/mol. The number of quaternary nitrogens is 1. The topological polar surface area (TPSA) is 130 Å². The number of hydrogen-bond donors (Lipinski definition) is 3. The number of amides is 5. The number of rotatable bonds is 8. The van der Waals surface area contributed by atoms with Crippen molar-refractivity contribution in [2.45, 2.75) is 69.9 Å². The van der Waals surface area contributed by atoms with Gasteiger partial charge in [0.25, 0.3) is 5.91 Å². The van der Waals surface area contributed by atoms with E-state index in [0.717, 1.165) is 25.7 Å². The highest BCUT2D eigenvalue weighted by Gasteiger charge is 2.59. The summed E-state index contributed by atoms with van der Waals surface area (Å²) in [4.78, 5) is 51.5. The standard InChI is InChI=1S/C25H34N4O5/c26-23(31)22-10-5-11-29(22,25(33)27-21-13-18-8-3-4-9-19(18)14-21)24(32)20(15-28(34)16-30)12-17-6-1-2-7-17/h3-4,8-9,16-17,20-22,34H,1-2,5-7,10-15H2,(H2-,26,27,31,33)/p+1/t20-,22+,29?/m1/s1. The Hall–Kier alpha value is -2.78. The van der Waals surface area contributed by atoms with Crippen LogP contribution in [-0.4, -0.2) is 64.2 Å². The van der Waals surface area contributed by atoms with E-state index in [2.05, 4.69) is 5.32 Å². The third-order valence-electron chi connectivity index (χ3n) is 7.95. The molecule has 9 nitrogen and oxygen atoms in total. The molecule has 34 heavy (non-hydrogen) atoms. The van der Waals surface area contributed by atoms with Crippen LogP contribution in [0.5, 0.6) is 0 Å². The molecule has 4 N–H and O–H groups in total. The van der Waals surface area contributed by atoms with Gasteiger partial charge < -0.3 is 11.1 Å². The number of nitrogens with two attached hydrogens (primary N) is 1. The van der Waals surface area contributed by atoms with E-state index in [9.17, 15) is 24.4 Å². The summed E-state index contributed by atoms with van der Waals surface area (Å²) in [6.07, 6.45) is 7.04. The smallest absolute Gasteiger partial charge is 0.364 e. The lowest BCUT2D eigenvalue weighted by molar-refractivity contribution is -0.779. The number of primary amides is 1. The van der Waals surface area contributed by atoms with E-state index in [1.807, 2.05) is 24.3 Å². The van der Waals surface area contributed by atoms with Crippen LogP contribution >= 0.6 is 0 Å². The summed E-state index contributed by atoms with van der Waals surface area (Å²) in [7, 11) is 0. The third-order valence-corrected chi connectivity index (χ3v) is 7.95. The molecule has 1 aromatic rings. The monoisotopic (exact) mass is 471 g/mol. The second kappa shape index (κ2) is 10.2. The Kier molecular flexibility index (Phi) is 7.33. The zero-order valence-electron chi connectivity index (χ0n) is 19.5. The first-order chi connectivity index (χ1) is 16.3. The number of benzene rings is 1. The molecule has 3 aliphatic rings. The van der Waals surface area contributed by atoms with Crippen molar-refractivity contribution in [2.24, 2.45) is 17.6 Å². The highest BCUT2D eigenvalue weighted by Crippen LogP contribution is 2.36. The first-order valence-corrected chi connectivity index (χ1v) is 12.3. The minimum Gasteiger partial charge on any atom is -0.364 e. The van der Waals surface area contributed by atoms with Crippen molar-refractivity contribution >= 4 is 24.3 Å². The van der Waals surface area contributed by atoms with Crippen LogP contribution in [0.3, 0.4) is 0 Å². The molecule has 1 unspecified atom stereocenters. The fourth-order valence-corrected chi connectivity index (χ4v) is 6.32. The summed E-state index contributed by atoms with van der Waals surface area (Å²) >= 11 is 0. The summed E-state index contributed by atoms with van der Waals surface area (Å²) in [6, 6.07) is 6.37. The Morgan fingerprint density at radius 3 is 2.35 bits per heavy atom. The second-order valence-electron chi connectivity index (χ2n) is 10.1. The van der Waals surface area contributed by atoms with Crippen LogP contribution in [-0.2, 0) is 27.2 Å². The Morgan fingerprint density at radius 2 is 1.76 bits per heavy atom. The highest BCUT2D eigenvalue weighted by molar-refractivity contribution is 5.91. The lowest BCUT2D eigenvalue weighted by Crippen LogP contribution is -2.69. The second-order valence-corrected chi connectivity index (χ2v) is 10.1. The van der Waals surface area contributed by atoms with Gasteiger partial charge in [0.15, 0.2) is 6.04 Å². The molecule has 1 saturated carbocycles. The van der Waals surface area contributed by atoms with Gasteiger partial charge >= 0.3 is 11.9 Å². The molecule has 2 aliphatic carbocycles. The first-order valence-electron chi connectivity index (χ1n) is 12.3. The number of urea groups is 1. The number of hydrogen-bond acceptors (Lipinski definition) is 5. The molecule has 1 heterocycles. The molecule has 0 bridgehead atoms. The van der Waals surface area contributed by atoms with E-state index < -0.39 is 34.3 Å². The normalized spacial score (nSPS) is 25.6. The van der Waals surface area contributed by atoms with Gasteiger partial charge in [-0.05, 0) is 36.3 Å². The maximum absolute atomic E-state index is 14.1. The molecule has 1 aliphatic heterocycles. The number of nitrogens with one attached hydrogen (secondary N) is 1. The zero-order valence-corrected chi connectivity index (χ0v) is 19.5. The number of likely N-dealkylation sites (tertiary alicyclic amines) is 1. The van der Waals surface area contributed by atoms with Gasteiger partial charge in [-0.15, -0.1) is 0 Å². The van der Waals surface area contributed by atoms with Gasteiger partial charge in [-0.25, -0.2) is 14.7 Å². The summed E-state index contributed by atoms with van der Waals surface area (Å²) in [6.45, 7) is -0.0158. The van der Waals surface area contributed by atoms with E-state index in [4.69, 9.17) is 5.73 Å². The van der Waals surface area contributed by atoms with Crippen LogP contribution in [0, 0.1) is 11.8 Å². The van der Waals surface area contributed by atoms with Gasteiger partial charge in [0.2, 0.25) is 6.41 Å². The number of imide groups is 1. The minimum atomic E-state index is -0.953. The molecule has 9 heteroatoms. The van der Waals surface area contributed by atoms with Crippen LogP contribution < -0.4 is 11.1 Å². The van der Waals surface area contributed by atoms with E-state index >= 15 is 0 Å². The SMILES string of the molecule is NC(=O)[C@@H]1CCC[N+]1(C(=O)NC1Cc2ccccc2C1)C(=O)[C@H](CC1CCCC1)CN(O)C=O. The number of carbonyl (C=O) groups is 4. The lowest BCUT2D eigenvalue weighted by Gasteiger charge is -2.37. The Labute approximate surface area is 199 Å². The zero-order chi connectivity index (χ0) is 24.3. The molecule has 2 fully saturated rings. The molecular formula is C25H35N4O5+. The van der Waals surface area contributed by atoms with Gasteiger partial charge in [-0.3, -0.25) is 14.8 Å². The Morgan fingerprint density at radius 1 is 1.12 bits per heavy atom. The maximum atomic E-state index is 14.1. The highest BCUT2D eigenvalue weighted by atomic mass is 16.5. The molecule has 5 amide bonds. The fourth-order valence-electron chi connectivity index (χ4n) is 6.32. The van der Waals surface area contributed by atoms with Gasteiger partial charge in [0.05, 0.1) is 19.0 Å². The molecule has 3 atom stereocenters. The van der Waals surface area contributed by atoms with Crippen molar-refractivity contribution in [3.8, 4) is 0 Å². The first kappa shape index (κ1) is 24.3. The quantitative estimate of drug-likeness (QED) is 0.231. The number of carbonyl (C=O) groups excluding carboxylic acids is 4. The van der Waals surface area contributed by atoms with Crippen molar-refractivity contribution in [1.29, 1.82) is 0 Å². The summed E-state index contributed by atoms with van der Waals surface area (Å²) < 4.78 is -0.674. The van der Waals surface area contributed by atoms with Gasteiger partial charge in [0, 0.05) is 18.9 Å². The summed E-state index contributed by atoms with van der Waals surface area (Å²) in [5.74, 6) is -1.57. The number of fused-ring (bicyclic) bond motifs is 1. The van der Waals surface area contributed by atoms with Crippen molar-refractivity contribution in [3.05, 3.63) is 35.4 Å². The van der Waals surface area contributed by atoms with E-state index in [-0.39, 0.29) is 31.5 Å². The van der Waals surface area contributed by atoms with Crippen molar-refractivity contribution in [2.75, 3.05) is 13.1 Å². The molecule has 1 saturated heterocycles. The van der Waals surface area contributed by atoms with E-state index in [0.29, 0.717) is 37.2 Å². The van der Waals surface area contributed by atoms with Gasteiger partial charge in [0.1, 0.15) is 0 Å². The maximum Gasteiger partial charge on any atom is 0.424 e. The molecule has 1 aromatic carbocycles. The third kappa shape index (κ3) is 4.72. The van der Waals surface area contributed by atoms with Gasteiger partial charge in [-0.2, -0.15) is 4.48 Å². The molecular weight excluding hydrogens is 436 g/mol. The molecule has 0 radical (unpaired) electrons. The predicted octanol–water partition coefficient (Wildman–Crippen LogP) is 1.90.